The van der Waals surface area contributed by atoms with Crippen LogP contribution in [0.1, 0.15) is 24.8 Å². The Labute approximate surface area is 103 Å². The quantitative estimate of drug-likeness (QED) is 0.785. The average Bonchev–Trinajstić information content (AvgIpc) is 2.81. The van der Waals surface area contributed by atoms with Crippen LogP contribution in [0, 0.1) is 17.8 Å². The summed E-state index contributed by atoms with van der Waals surface area (Å²) >= 11 is 0. The average molecular weight is 228 g/mol. The normalized spacial score (nSPS) is 35.1. The lowest BCUT2D eigenvalue weighted by molar-refractivity contribution is 0.164. The topological polar surface area (TPSA) is 20.2 Å². The van der Waals surface area contributed by atoms with Gasteiger partial charge in [0.05, 0.1) is 6.10 Å². The van der Waals surface area contributed by atoms with E-state index in [4.69, 9.17) is 0 Å². The highest BCUT2D eigenvalue weighted by molar-refractivity contribution is 5.16. The first-order valence-corrected chi connectivity index (χ1v) is 6.73. The first-order valence-electron chi connectivity index (χ1n) is 6.73. The van der Waals surface area contributed by atoms with Gasteiger partial charge in [0.25, 0.3) is 0 Å². The number of aliphatic hydroxyl groups excluding tert-OH is 1. The number of aliphatic hydroxyl groups is 1. The van der Waals surface area contributed by atoms with Crippen molar-refractivity contribution in [3.63, 3.8) is 0 Å². The highest BCUT2D eigenvalue weighted by atomic mass is 16.3. The van der Waals surface area contributed by atoms with Crippen LogP contribution in [0.5, 0.6) is 0 Å². The van der Waals surface area contributed by atoms with E-state index < -0.39 is 0 Å². The van der Waals surface area contributed by atoms with Crippen LogP contribution < -0.4 is 0 Å². The largest absolute Gasteiger partial charge is 0.393 e. The van der Waals surface area contributed by atoms with Crippen LogP contribution in [0.15, 0.2) is 42.5 Å². The highest BCUT2D eigenvalue weighted by Gasteiger charge is 2.53. The number of benzene rings is 1. The molecule has 1 aromatic rings. The molecule has 1 aromatic carbocycles. The molecule has 1 N–H and O–H groups in total. The molecule has 2 saturated carbocycles. The summed E-state index contributed by atoms with van der Waals surface area (Å²) in [6.07, 6.45) is 9.09. The Balaban J connectivity index is 1.41. The van der Waals surface area contributed by atoms with E-state index in [0.29, 0.717) is 0 Å². The van der Waals surface area contributed by atoms with Crippen molar-refractivity contribution in [2.45, 2.75) is 31.8 Å². The molecule has 2 atom stereocenters. The van der Waals surface area contributed by atoms with Crippen molar-refractivity contribution in [3.05, 3.63) is 48.0 Å². The lowest BCUT2D eigenvalue weighted by Crippen LogP contribution is -2.03. The lowest BCUT2D eigenvalue weighted by Gasteiger charge is -2.03. The monoisotopic (exact) mass is 228 g/mol. The number of hydrogen-bond acceptors (Lipinski definition) is 1. The summed E-state index contributed by atoms with van der Waals surface area (Å²) in [6, 6.07) is 10.7. The van der Waals surface area contributed by atoms with Crippen LogP contribution in [0.3, 0.4) is 0 Å². The van der Waals surface area contributed by atoms with Crippen molar-refractivity contribution in [2.24, 2.45) is 17.8 Å². The van der Waals surface area contributed by atoms with Crippen LogP contribution in [-0.4, -0.2) is 11.2 Å². The molecular weight excluding hydrogens is 208 g/mol. The zero-order chi connectivity index (χ0) is 11.7. The van der Waals surface area contributed by atoms with Gasteiger partial charge < -0.3 is 5.11 Å². The van der Waals surface area contributed by atoms with Crippen molar-refractivity contribution in [1.82, 2.24) is 0 Å². The highest BCUT2D eigenvalue weighted by Crippen LogP contribution is 2.58. The summed E-state index contributed by atoms with van der Waals surface area (Å²) in [6.45, 7) is 0. The third-order valence-electron chi connectivity index (χ3n) is 4.29. The Morgan fingerprint density at radius 1 is 1.12 bits per heavy atom. The molecule has 1 heteroatoms. The van der Waals surface area contributed by atoms with Crippen molar-refractivity contribution in [3.8, 4) is 0 Å². The van der Waals surface area contributed by atoms with Crippen LogP contribution >= 0.6 is 0 Å². The van der Waals surface area contributed by atoms with Crippen molar-refractivity contribution < 1.29 is 5.11 Å². The number of allylic oxidation sites excluding steroid dienone is 2. The van der Waals surface area contributed by atoms with E-state index in [1.54, 1.807) is 0 Å². The Morgan fingerprint density at radius 3 is 2.53 bits per heavy atom. The fourth-order valence-electron chi connectivity index (χ4n) is 3.30. The smallest absolute Gasteiger partial charge is 0.0546 e. The van der Waals surface area contributed by atoms with Gasteiger partial charge in [0, 0.05) is 0 Å². The molecule has 0 bridgehead atoms. The minimum atomic E-state index is -0.000955. The van der Waals surface area contributed by atoms with E-state index >= 15 is 0 Å². The lowest BCUT2D eigenvalue weighted by atomic mass is 10.1. The predicted octanol–water partition coefficient (Wildman–Crippen LogP) is 3.19. The zero-order valence-electron chi connectivity index (χ0n) is 10.1. The molecule has 0 spiro atoms. The maximum Gasteiger partial charge on any atom is 0.0546 e. The minimum Gasteiger partial charge on any atom is -0.393 e. The summed E-state index contributed by atoms with van der Waals surface area (Å²) in [7, 11) is 0. The third-order valence-corrected chi connectivity index (χ3v) is 4.29. The van der Waals surface area contributed by atoms with Crippen LogP contribution in [0.4, 0.5) is 0 Å². The van der Waals surface area contributed by atoms with Crippen molar-refractivity contribution in [1.29, 1.82) is 0 Å². The first-order chi connectivity index (χ1) is 8.34. The second kappa shape index (κ2) is 4.66. The van der Waals surface area contributed by atoms with Gasteiger partial charge in [-0.25, -0.2) is 0 Å². The van der Waals surface area contributed by atoms with E-state index in [0.717, 1.165) is 43.4 Å². The molecule has 0 radical (unpaired) electrons. The van der Waals surface area contributed by atoms with Gasteiger partial charge in [0.1, 0.15) is 0 Å². The second-order valence-electron chi connectivity index (χ2n) is 5.48. The Bertz CT molecular complexity index is 383. The fourth-order valence-corrected chi connectivity index (χ4v) is 3.30. The van der Waals surface area contributed by atoms with Crippen LogP contribution in [0.25, 0.3) is 0 Å². The Kier molecular flexibility index (Phi) is 3.02. The summed E-state index contributed by atoms with van der Waals surface area (Å²) < 4.78 is 0. The predicted molar refractivity (Wildman–Crippen MR) is 69.6 cm³/mol. The molecular formula is C16H20O. The zero-order valence-corrected chi connectivity index (χ0v) is 10.1. The number of fused-ring (bicyclic) bond motifs is 1. The molecule has 1 nitrogen and oxygen atoms in total. The molecule has 2 fully saturated rings. The summed E-state index contributed by atoms with van der Waals surface area (Å²) in [5, 5.41) is 9.44. The van der Waals surface area contributed by atoms with Gasteiger partial charge in [-0.3, -0.25) is 0 Å². The summed E-state index contributed by atoms with van der Waals surface area (Å²) in [4.78, 5) is 0. The number of aryl methyl sites for hydroxylation is 1. The second-order valence-corrected chi connectivity index (χ2v) is 5.48. The van der Waals surface area contributed by atoms with E-state index in [-0.39, 0.29) is 6.10 Å². The summed E-state index contributed by atoms with van der Waals surface area (Å²) in [5.74, 6) is 2.39. The first kappa shape index (κ1) is 11.0. The number of hydrogen-bond donors (Lipinski definition) is 1. The maximum atomic E-state index is 9.44. The Morgan fingerprint density at radius 2 is 1.82 bits per heavy atom. The van der Waals surface area contributed by atoms with E-state index in [1.165, 1.54) is 5.56 Å². The maximum absolute atomic E-state index is 9.44. The van der Waals surface area contributed by atoms with Crippen LogP contribution in [0.2, 0.25) is 0 Å². The van der Waals surface area contributed by atoms with Gasteiger partial charge in [0.15, 0.2) is 0 Å². The van der Waals surface area contributed by atoms with Gasteiger partial charge in [-0.1, -0.05) is 42.5 Å². The molecule has 0 saturated heterocycles. The third kappa shape index (κ3) is 2.44. The standard InChI is InChI=1S/C16H20O/c17-13-10-15-14(16(15)11-13)9-5-4-8-12-6-2-1-3-7-12/h1-3,5-7,9,13-17H,4,8,10-11H2. The van der Waals surface area contributed by atoms with Gasteiger partial charge in [-0.15, -0.1) is 0 Å². The summed E-state index contributed by atoms with van der Waals surface area (Å²) in [5.41, 5.74) is 1.42. The molecule has 0 heterocycles. The number of rotatable bonds is 4. The van der Waals surface area contributed by atoms with Crippen molar-refractivity contribution >= 4 is 0 Å². The molecule has 90 valence electrons. The van der Waals surface area contributed by atoms with E-state index in [1.807, 2.05) is 0 Å². The van der Waals surface area contributed by atoms with E-state index in [2.05, 4.69) is 42.5 Å². The van der Waals surface area contributed by atoms with Gasteiger partial charge >= 0.3 is 0 Å². The van der Waals surface area contributed by atoms with Gasteiger partial charge in [-0.05, 0) is 49.0 Å². The molecule has 0 aromatic heterocycles. The molecule has 2 aliphatic carbocycles. The molecule has 2 aliphatic rings. The van der Waals surface area contributed by atoms with Gasteiger partial charge in [0.2, 0.25) is 0 Å². The SMILES string of the molecule is OC1CC2C(C=CCCc3ccccc3)C2C1. The Hall–Kier alpha value is -1.08. The fraction of sp³-hybridized carbons (Fsp3) is 0.500. The minimum absolute atomic E-state index is 0.000955. The van der Waals surface area contributed by atoms with Gasteiger partial charge in [-0.2, -0.15) is 0 Å². The van der Waals surface area contributed by atoms with Crippen molar-refractivity contribution in [2.75, 3.05) is 0 Å². The molecule has 2 unspecified atom stereocenters. The molecule has 3 rings (SSSR count). The molecule has 17 heavy (non-hydrogen) atoms. The van der Waals surface area contributed by atoms with Crippen LogP contribution in [-0.2, 0) is 6.42 Å². The molecule has 0 amide bonds. The molecule has 0 aliphatic heterocycles. The van der Waals surface area contributed by atoms with E-state index in [9.17, 15) is 5.11 Å².